The molecule has 2 aromatic heterocycles. The summed E-state index contributed by atoms with van der Waals surface area (Å²) in [6, 6.07) is 10.8. The molecule has 1 amide bonds. The molecule has 2 heterocycles. The molecule has 0 saturated heterocycles. The Morgan fingerprint density at radius 2 is 2.09 bits per heavy atom. The maximum absolute atomic E-state index is 12.3. The van der Waals surface area contributed by atoms with Gasteiger partial charge in [-0.3, -0.25) is 4.79 Å². The second-order valence-electron chi connectivity index (χ2n) is 5.18. The Morgan fingerprint density at radius 1 is 1.30 bits per heavy atom. The highest BCUT2D eigenvalue weighted by Crippen LogP contribution is 2.13. The van der Waals surface area contributed by atoms with E-state index in [9.17, 15) is 4.79 Å². The molecule has 0 radical (unpaired) electrons. The zero-order valence-corrected chi connectivity index (χ0v) is 13.0. The molecule has 1 atom stereocenters. The third kappa shape index (κ3) is 3.28. The Kier molecular flexibility index (Phi) is 4.18. The summed E-state index contributed by atoms with van der Waals surface area (Å²) in [6.07, 6.45) is 2.23. The largest absolute Gasteiger partial charge is 0.358 e. The first kappa shape index (κ1) is 15.0. The van der Waals surface area contributed by atoms with Gasteiger partial charge in [-0.25, -0.2) is 4.98 Å². The summed E-state index contributed by atoms with van der Waals surface area (Å²) in [7, 11) is 0. The van der Waals surface area contributed by atoms with E-state index in [0.29, 0.717) is 11.6 Å². The topological polar surface area (TPSA) is 84.2 Å². The van der Waals surface area contributed by atoms with Gasteiger partial charge in [0.05, 0.1) is 0 Å². The molecule has 1 aromatic carbocycles. The van der Waals surface area contributed by atoms with E-state index in [4.69, 9.17) is 0 Å². The van der Waals surface area contributed by atoms with Crippen molar-refractivity contribution >= 4 is 23.2 Å². The van der Waals surface area contributed by atoms with Gasteiger partial charge < -0.3 is 10.6 Å². The molecule has 0 saturated carbocycles. The van der Waals surface area contributed by atoms with Crippen LogP contribution < -0.4 is 10.6 Å². The first-order valence-electron chi connectivity index (χ1n) is 7.49. The van der Waals surface area contributed by atoms with Crippen molar-refractivity contribution in [3.8, 4) is 0 Å². The van der Waals surface area contributed by atoms with E-state index in [2.05, 4.69) is 25.7 Å². The van der Waals surface area contributed by atoms with E-state index >= 15 is 0 Å². The summed E-state index contributed by atoms with van der Waals surface area (Å²) in [6.45, 7) is 3.82. The fourth-order valence-corrected chi connectivity index (χ4v) is 2.20. The summed E-state index contributed by atoms with van der Waals surface area (Å²) in [5.74, 6) is 1.09. The monoisotopic (exact) mass is 310 g/mol. The average molecular weight is 310 g/mol. The quantitative estimate of drug-likeness (QED) is 0.754. The number of aryl methyl sites for hydroxylation is 1. The summed E-state index contributed by atoms with van der Waals surface area (Å²) < 4.78 is 1.59. The minimum Gasteiger partial charge on any atom is -0.358 e. The molecular weight excluding hydrogens is 292 g/mol. The number of aromatic nitrogens is 4. The van der Waals surface area contributed by atoms with Crippen molar-refractivity contribution in [2.45, 2.75) is 26.3 Å². The van der Waals surface area contributed by atoms with Gasteiger partial charge in [-0.05, 0) is 25.5 Å². The van der Waals surface area contributed by atoms with Gasteiger partial charge in [-0.2, -0.15) is 14.6 Å². The van der Waals surface area contributed by atoms with Crippen LogP contribution in [0.3, 0.4) is 0 Å². The van der Waals surface area contributed by atoms with Crippen LogP contribution in [0.15, 0.2) is 42.7 Å². The number of benzene rings is 1. The molecule has 0 spiro atoms. The van der Waals surface area contributed by atoms with Crippen LogP contribution in [0.25, 0.3) is 5.78 Å². The molecule has 0 aliphatic heterocycles. The van der Waals surface area contributed by atoms with Gasteiger partial charge in [0.2, 0.25) is 5.91 Å². The van der Waals surface area contributed by atoms with Crippen molar-refractivity contribution in [3.05, 3.63) is 48.4 Å². The summed E-state index contributed by atoms with van der Waals surface area (Å²) in [5, 5.41) is 10.2. The van der Waals surface area contributed by atoms with Crippen molar-refractivity contribution < 1.29 is 4.79 Å². The number of carbonyl (C=O) groups is 1. The van der Waals surface area contributed by atoms with Crippen LogP contribution in [0.2, 0.25) is 0 Å². The zero-order chi connectivity index (χ0) is 16.2. The van der Waals surface area contributed by atoms with Crippen LogP contribution in [0, 0.1) is 0 Å². The van der Waals surface area contributed by atoms with Gasteiger partial charge in [0.15, 0.2) is 0 Å². The highest BCUT2D eigenvalue weighted by Gasteiger charge is 2.15. The summed E-state index contributed by atoms with van der Waals surface area (Å²) in [4.78, 5) is 20.8. The number of rotatable bonds is 5. The number of amides is 1. The third-order valence-corrected chi connectivity index (χ3v) is 3.47. The molecule has 3 rings (SSSR count). The normalized spacial score (nSPS) is 12.1. The number of hydrogen-bond acceptors (Lipinski definition) is 5. The van der Waals surface area contributed by atoms with E-state index in [0.717, 1.165) is 17.8 Å². The SMILES string of the molecule is CCc1cc(NC(C)C(=O)Nc2ccccc2)n2ncnc2n1. The lowest BCUT2D eigenvalue weighted by Gasteiger charge is -2.16. The molecule has 3 aromatic rings. The lowest BCUT2D eigenvalue weighted by atomic mass is 10.2. The number of para-hydroxylation sites is 1. The van der Waals surface area contributed by atoms with Crippen molar-refractivity contribution in [3.63, 3.8) is 0 Å². The number of nitrogens with one attached hydrogen (secondary N) is 2. The molecule has 0 bridgehead atoms. The summed E-state index contributed by atoms with van der Waals surface area (Å²) >= 11 is 0. The van der Waals surface area contributed by atoms with Crippen LogP contribution >= 0.6 is 0 Å². The lowest BCUT2D eigenvalue weighted by Crippen LogP contribution is -2.32. The highest BCUT2D eigenvalue weighted by molar-refractivity contribution is 5.96. The van der Waals surface area contributed by atoms with Crippen LogP contribution in [0.1, 0.15) is 19.5 Å². The van der Waals surface area contributed by atoms with Crippen molar-refractivity contribution in [1.29, 1.82) is 0 Å². The molecule has 0 fully saturated rings. The number of anilines is 2. The Labute approximate surface area is 133 Å². The number of fused-ring (bicyclic) bond motifs is 1. The van der Waals surface area contributed by atoms with Gasteiger partial charge in [-0.1, -0.05) is 25.1 Å². The molecule has 2 N–H and O–H groups in total. The molecule has 1 unspecified atom stereocenters. The Bertz CT molecular complexity index is 814. The lowest BCUT2D eigenvalue weighted by molar-refractivity contribution is -0.116. The fourth-order valence-electron chi connectivity index (χ4n) is 2.20. The second-order valence-corrected chi connectivity index (χ2v) is 5.18. The number of hydrogen-bond donors (Lipinski definition) is 2. The molecule has 7 nitrogen and oxygen atoms in total. The number of nitrogens with zero attached hydrogens (tertiary/aromatic N) is 4. The number of carbonyl (C=O) groups excluding carboxylic acids is 1. The van der Waals surface area contributed by atoms with Crippen LogP contribution in [0.4, 0.5) is 11.5 Å². The summed E-state index contributed by atoms with van der Waals surface area (Å²) in [5.41, 5.74) is 1.66. The molecular formula is C16H18N6O. The minimum absolute atomic E-state index is 0.126. The van der Waals surface area contributed by atoms with Crippen molar-refractivity contribution in [2.24, 2.45) is 0 Å². The van der Waals surface area contributed by atoms with Gasteiger partial charge in [0, 0.05) is 17.4 Å². The van der Waals surface area contributed by atoms with Crippen LogP contribution in [-0.2, 0) is 11.2 Å². The smallest absolute Gasteiger partial charge is 0.254 e. The molecule has 7 heteroatoms. The van der Waals surface area contributed by atoms with Gasteiger partial charge in [0.1, 0.15) is 18.2 Å². The maximum atomic E-state index is 12.3. The Morgan fingerprint density at radius 3 is 2.83 bits per heavy atom. The first-order valence-corrected chi connectivity index (χ1v) is 7.49. The Hall–Kier alpha value is -2.96. The van der Waals surface area contributed by atoms with E-state index in [1.54, 1.807) is 11.4 Å². The predicted octanol–water partition coefficient (Wildman–Crippen LogP) is 2.13. The molecule has 23 heavy (non-hydrogen) atoms. The van der Waals surface area contributed by atoms with Gasteiger partial charge >= 0.3 is 0 Å². The third-order valence-electron chi connectivity index (χ3n) is 3.47. The fraction of sp³-hybridized carbons (Fsp3) is 0.250. The van der Waals surface area contributed by atoms with Crippen LogP contribution in [-0.4, -0.2) is 31.5 Å². The first-order chi connectivity index (χ1) is 11.2. The molecule has 0 aliphatic carbocycles. The van der Waals surface area contributed by atoms with Crippen molar-refractivity contribution in [2.75, 3.05) is 10.6 Å². The van der Waals surface area contributed by atoms with E-state index in [1.165, 1.54) is 6.33 Å². The molecule has 0 aliphatic rings. The minimum atomic E-state index is -0.435. The van der Waals surface area contributed by atoms with Crippen LogP contribution in [0.5, 0.6) is 0 Å². The zero-order valence-electron chi connectivity index (χ0n) is 13.0. The van der Waals surface area contributed by atoms with E-state index < -0.39 is 6.04 Å². The Balaban J connectivity index is 1.78. The van der Waals surface area contributed by atoms with Gasteiger partial charge in [0.25, 0.3) is 5.78 Å². The van der Waals surface area contributed by atoms with E-state index in [1.807, 2.05) is 43.3 Å². The van der Waals surface area contributed by atoms with Gasteiger partial charge in [-0.15, -0.1) is 0 Å². The second kappa shape index (κ2) is 6.43. The van der Waals surface area contributed by atoms with E-state index in [-0.39, 0.29) is 5.91 Å². The maximum Gasteiger partial charge on any atom is 0.254 e. The molecule has 118 valence electrons. The predicted molar refractivity (Wildman–Crippen MR) is 88.3 cm³/mol. The standard InChI is InChI=1S/C16H18N6O/c1-3-12-9-14(22-16(21-12)17-10-18-22)19-11(2)15(23)20-13-7-5-4-6-8-13/h4-11,19H,3H2,1-2H3,(H,20,23). The average Bonchev–Trinajstić information content (AvgIpc) is 3.04. The highest BCUT2D eigenvalue weighted by atomic mass is 16.2. The van der Waals surface area contributed by atoms with Crippen molar-refractivity contribution in [1.82, 2.24) is 19.6 Å².